The van der Waals surface area contributed by atoms with Gasteiger partial charge in [-0.25, -0.2) is 4.98 Å². The molecule has 2 aromatic heterocycles. The molecule has 0 saturated heterocycles. The number of amides is 2. The highest BCUT2D eigenvalue weighted by molar-refractivity contribution is 7.18. The van der Waals surface area contributed by atoms with E-state index in [1.807, 2.05) is 48.7 Å². The molecule has 1 aliphatic carbocycles. The van der Waals surface area contributed by atoms with E-state index in [-0.39, 0.29) is 17.7 Å². The topological polar surface area (TPSA) is 76.0 Å². The molecule has 1 fully saturated rings. The first kappa shape index (κ1) is 16.8. The van der Waals surface area contributed by atoms with Gasteiger partial charge in [0.1, 0.15) is 0 Å². The highest BCUT2D eigenvalue weighted by atomic mass is 32.1. The van der Waals surface area contributed by atoms with Crippen LogP contribution in [0.3, 0.4) is 0 Å². The summed E-state index contributed by atoms with van der Waals surface area (Å²) in [5.74, 6) is 0.518. The fourth-order valence-corrected chi connectivity index (χ4v) is 3.96. The third kappa shape index (κ3) is 3.10. The maximum Gasteiger partial charge on any atom is 0.268 e. The number of nitrogens with one attached hydrogen (secondary N) is 2. The van der Waals surface area contributed by atoms with Crippen molar-refractivity contribution in [2.75, 3.05) is 10.6 Å². The van der Waals surface area contributed by atoms with E-state index < -0.39 is 0 Å². The average Bonchev–Trinajstić information content (AvgIpc) is 3.33. The number of thiophene rings is 1. The SMILES string of the molecule is CCn1c(NC(=O)c2sc(NC(=O)C3CC3)cc2C)nc2ccccc21. The van der Waals surface area contributed by atoms with Gasteiger partial charge in [-0.05, 0) is 50.5 Å². The molecule has 1 aromatic carbocycles. The van der Waals surface area contributed by atoms with Crippen molar-refractivity contribution < 1.29 is 9.59 Å². The van der Waals surface area contributed by atoms with Crippen molar-refractivity contribution in [3.8, 4) is 0 Å². The molecule has 1 aliphatic rings. The summed E-state index contributed by atoms with van der Waals surface area (Å²) in [6.45, 7) is 4.61. The van der Waals surface area contributed by atoms with Gasteiger partial charge in [0.15, 0.2) is 0 Å². The minimum Gasteiger partial charge on any atom is -0.317 e. The average molecular weight is 368 g/mol. The van der Waals surface area contributed by atoms with Crippen LogP contribution >= 0.6 is 11.3 Å². The van der Waals surface area contributed by atoms with Crippen molar-refractivity contribution >= 4 is 45.1 Å². The van der Waals surface area contributed by atoms with E-state index >= 15 is 0 Å². The Morgan fingerprint density at radius 2 is 2.04 bits per heavy atom. The van der Waals surface area contributed by atoms with Gasteiger partial charge in [-0.1, -0.05) is 12.1 Å². The molecule has 26 heavy (non-hydrogen) atoms. The predicted molar refractivity (Wildman–Crippen MR) is 104 cm³/mol. The van der Waals surface area contributed by atoms with E-state index in [2.05, 4.69) is 15.6 Å². The second kappa shape index (κ2) is 6.57. The van der Waals surface area contributed by atoms with E-state index in [1.54, 1.807) is 0 Å². The smallest absolute Gasteiger partial charge is 0.268 e. The summed E-state index contributed by atoms with van der Waals surface area (Å²) in [5.41, 5.74) is 2.69. The normalized spacial score (nSPS) is 13.8. The molecule has 3 aromatic rings. The van der Waals surface area contributed by atoms with E-state index in [1.165, 1.54) is 11.3 Å². The second-order valence-corrected chi connectivity index (χ2v) is 7.56. The molecular formula is C19H20N4O2S. The number of hydrogen-bond donors (Lipinski definition) is 2. The van der Waals surface area contributed by atoms with Crippen molar-refractivity contribution in [3.63, 3.8) is 0 Å². The molecule has 2 heterocycles. The van der Waals surface area contributed by atoms with Gasteiger partial charge >= 0.3 is 0 Å². The highest BCUT2D eigenvalue weighted by Crippen LogP contribution is 2.33. The minimum absolute atomic E-state index is 0.0472. The fraction of sp³-hybridized carbons (Fsp3) is 0.316. The van der Waals surface area contributed by atoms with Crippen molar-refractivity contribution in [3.05, 3.63) is 40.8 Å². The van der Waals surface area contributed by atoms with Crippen LogP contribution in [0.2, 0.25) is 0 Å². The van der Waals surface area contributed by atoms with E-state index in [0.717, 1.165) is 29.4 Å². The van der Waals surface area contributed by atoms with Gasteiger partial charge in [0, 0.05) is 12.5 Å². The molecule has 0 atom stereocenters. The first-order chi connectivity index (χ1) is 12.6. The third-order valence-electron chi connectivity index (χ3n) is 4.51. The zero-order valence-corrected chi connectivity index (χ0v) is 15.5. The summed E-state index contributed by atoms with van der Waals surface area (Å²) in [6.07, 6.45) is 1.91. The number of carbonyl (C=O) groups excluding carboxylic acids is 2. The minimum atomic E-state index is -0.204. The zero-order valence-electron chi connectivity index (χ0n) is 14.7. The number of hydrogen-bond acceptors (Lipinski definition) is 4. The van der Waals surface area contributed by atoms with Crippen LogP contribution in [0.1, 0.15) is 35.0 Å². The lowest BCUT2D eigenvalue weighted by Crippen LogP contribution is -2.15. The number of rotatable bonds is 5. The van der Waals surface area contributed by atoms with Gasteiger partial charge < -0.3 is 9.88 Å². The van der Waals surface area contributed by atoms with Crippen LogP contribution in [0.5, 0.6) is 0 Å². The second-order valence-electron chi connectivity index (χ2n) is 6.51. The maximum atomic E-state index is 12.8. The van der Waals surface area contributed by atoms with Gasteiger partial charge in [-0.2, -0.15) is 0 Å². The number of para-hydroxylation sites is 2. The van der Waals surface area contributed by atoms with Crippen molar-refractivity contribution in [2.45, 2.75) is 33.2 Å². The van der Waals surface area contributed by atoms with Gasteiger partial charge in [0.25, 0.3) is 5.91 Å². The molecule has 0 spiro atoms. The number of fused-ring (bicyclic) bond motifs is 1. The largest absolute Gasteiger partial charge is 0.317 e. The number of aryl methyl sites for hydroxylation is 2. The van der Waals surface area contributed by atoms with Crippen LogP contribution in [-0.2, 0) is 11.3 Å². The Hall–Kier alpha value is -2.67. The number of anilines is 2. The van der Waals surface area contributed by atoms with Gasteiger partial charge in [-0.15, -0.1) is 11.3 Å². The third-order valence-corrected chi connectivity index (χ3v) is 5.67. The van der Waals surface area contributed by atoms with Gasteiger partial charge in [0.05, 0.1) is 20.9 Å². The standard InChI is InChI=1S/C19H20N4O2S/c1-3-23-14-7-5-4-6-13(14)20-19(23)22-18(25)16-11(2)10-15(26-16)21-17(24)12-8-9-12/h4-7,10,12H,3,8-9H2,1-2H3,(H,21,24)(H,20,22,25). The van der Waals surface area contributed by atoms with Crippen molar-refractivity contribution in [2.24, 2.45) is 5.92 Å². The van der Waals surface area contributed by atoms with E-state index in [4.69, 9.17) is 0 Å². The number of benzene rings is 1. The molecule has 134 valence electrons. The van der Waals surface area contributed by atoms with E-state index in [0.29, 0.717) is 22.4 Å². The Bertz CT molecular complexity index is 1000. The predicted octanol–water partition coefficient (Wildman–Crippen LogP) is 4.03. The Kier molecular flexibility index (Phi) is 4.24. The first-order valence-corrected chi connectivity index (χ1v) is 9.56. The summed E-state index contributed by atoms with van der Waals surface area (Å²) in [6, 6.07) is 9.66. The van der Waals surface area contributed by atoms with Crippen molar-refractivity contribution in [1.29, 1.82) is 0 Å². The summed E-state index contributed by atoms with van der Waals surface area (Å²) in [4.78, 5) is 29.8. The van der Waals surface area contributed by atoms with Crippen LogP contribution in [0, 0.1) is 12.8 Å². The molecule has 6 nitrogen and oxygen atoms in total. The zero-order chi connectivity index (χ0) is 18.3. The summed E-state index contributed by atoms with van der Waals surface area (Å²) < 4.78 is 1.98. The number of imidazole rings is 1. The van der Waals surface area contributed by atoms with Crippen LogP contribution in [-0.4, -0.2) is 21.4 Å². The molecular weight excluding hydrogens is 348 g/mol. The lowest BCUT2D eigenvalue weighted by atomic mass is 10.3. The summed E-state index contributed by atoms with van der Waals surface area (Å²) in [7, 11) is 0. The molecule has 4 rings (SSSR count). The molecule has 0 unspecified atom stereocenters. The first-order valence-electron chi connectivity index (χ1n) is 8.74. The lowest BCUT2D eigenvalue weighted by Gasteiger charge is -2.07. The fourth-order valence-electron chi connectivity index (χ4n) is 2.99. The van der Waals surface area contributed by atoms with Gasteiger partial charge in [-0.3, -0.25) is 14.9 Å². The summed E-state index contributed by atoms with van der Waals surface area (Å²) in [5, 5.41) is 6.54. The van der Waals surface area contributed by atoms with Crippen molar-refractivity contribution in [1.82, 2.24) is 9.55 Å². The molecule has 0 radical (unpaired) electrons. The quantitative estimate of drug-likeness (QED) is 0.714. The Labute approximate surface area is 155 Å². The number of carbonyl (C=O) groups is 2. The van der Waals surface area contributed by atoms with Crippen LogP contribution in [0.4, 0.5) is 10.9 Å². The van der Waals surface area contributed by atoms with E-state index in [9.17, 15) is 9.59 Å². The Balaban J connectivity index is 1.56. The molecule has 1 saturated carbocycles. The Morgan fingerprint density at radius 3 is 2.77 bits per heavy atom. The molecule has 2 amide bonds. The molecule has 0 aliphatic heterocycles. The van der Waals surface area contributed by atoms with Crippen LogP contribution in [0.15, 0.2) is 30.3 Å². The molecule has 7 heteroatoms. The molecule has 0 bridgehead atoms. The lowest BCUT2D eigenvalue weighted by molar-refractivity contribution is -0.117. The van der Waals surface area contributed by atoms with Crippen LogP contribution < -0.4 is 10.6 Å². The monoisotopic (exact) mass is 368 g/mol. The number of nitrogens with zero attached hydrogens (tertiary/aromatic N) is 2. The van der Waals surface area contributed by atoms with Gasteiger partial charge in [0.2, 0.25) is 11.9 Å². The Morgan fingerprint density at radius 1 is 1.27 bits per heavy atom. The maximum absolute atomic E-state index is 12.8. The number of aromatic nitrogens is 2. The molecule has 2 N–H and O–H groups in total. The summed E-state index contributed by atoms with van der Waals surface area (Å²) >= 11 is 1.30. The highest BCUT2D eigenvalue weighted by Gasteiger charge is 2.30. The van der Waals surface area contributed by atoms with Crippen LogP contribution in [0.25, 0.3) is 11.0 Å².